The van der Waals surface area contributed by atoms with E-state index in [4.69, 9.17) is 0 Å². The highest BCUT2D eigenvalue weighted by Crippen LogP contribution is 2.44. The van der Waals surface area contributed by atoms with Crippen LogP contribution in [0.15, 0.2) is 22.3 Å². The number of hydrogen-bond donors (Lipinski definition) is 0. The van der Waals surface area contributed by atoms with Gasteiger partial charge in [-0.3, -0.25) is 4.79 Å². The number of hydrogen-bond acceptors (Lipinski definition) is 1. The highest BCUT2D eigenvalue weighted by Gasteiger charge is 2.33. The molecule has 1 nitrogen and oxygen atoms in total. The van der Waals surface area contributed by atoms with Gasteiger partial charge in [0.2, 0.25) is 0 Å². The van der Waals surface area contributed by atoms with Gasteiger partial charge in [0.1, 0.15) is 6.29 Å². The van der Waals surface area contributed by atoms with Gasteiger partial charge in [-0.05, 0) is 31.9 Å². The van der Waals surface area contributed by atoms with Crippen LogP contribution in [0.5, 0.6) is 0 Å². The van der Waals surface area contributed by atoms with E-state index >= 15 is 0 Å². The molecule has 0 saturated carbocycles. The Hall–Kier alpha value is -0.850. The number of allylic oxidation sites excluding steroid dienone is 4. The first kappa shape index (κ1) is 9.24. The highest BCUT2D eigenvalue weighted by atomic mass is 16.1. The molecule has 0 spiro atoms. The van der Waals surface area contributed by atoms with E-state index in [-0.39, 0.29) is 5.41 Å². The van der Waals surface area contributed by atoms with Crippen molar-refractivity contribution >= 4 is 6.29 Å². The molecule has 1 rings (SSSR count). The van der Waals surface area contributed by atoms with Gasteiger partial charge in [-0.1, -0.05) is 19.4 Å². The van der Waals surface area contributed by atoms with Gasteiger partial charge in [0.15, 0.2) is 0 Å². The molecule has 0 aromatic heterocycles. The van der Waals surface area contributed by atoms with Crippen LogP contribution < -0.4 is 0 Å². The van der Waals surface area contributed by atoms with Gasteiger partial charge in [0, 0.05) is 11.0 Å². The highest BCUT2D eigenvalue weighted by molar-refractivity contribution is 5.82. The molecule has 0 amide bonds. The summed E-state index contributed by atoms with van der Waals surface area (Å²) in [6.07, 6.45) is 0.995. The third-order valence-electron chi connectivity index (χ3n) is 3.26. The van der Waals surface area contributed by atoms with Crippen LogP contribution in [-0.4, -0.2) is 6.29 Å². The Morgan fingerprint density at radius 3 is 1.75 bits per heavy atom. The van der Waals surface area contributed by atoms with Crippen LogP contribution in [0.3, 0.4) is 0 Å². The summed E-state index contributed by atoms with van der Waals surface area (Å²) in [7, 11) is 0. The van der Waals surface area contributed by atoms with E-state index in [9.17, 15) is 4.79 Å². The molecular formula is C11H16O. The SMILES string of the molecule is CC1=C(C)C(C)(C)C(C=O)=C1C. The minimum Gasteiger partial charge on any atom is -0.298 e. The van der Waals surface area contributed by atoms with Crippen molar-refractivity contribution in [2.75, 3.05) is 0 Å². The lowest BCUT2D eigenvalue weighted by atomic mass is 9.81. The maximum absolute atomic E-state index is 10.8. The Bertz CT molecular complexity index is 290. The molecule has 0 atom stereocenters. The quantitative estimate of drug-likeness (QED) is 0.545. The molecule has 0 unspecified atom stereocenters. The van der Waals surface area contributed by atoms with Crippen molar-refractivity contribution in [3.8, 4) is 0 Å². The van der Waals surface area contributed by atoms with E-state index < -0.39 is 0 Å². The van der Waals surface area contributed by atoms with Crippen molar-refractivity contribution in [1.82, 2.24) is 0 Å². The summed E-state index contributed by atoms with van der Waals surface area (Å²) in [5.74, 6) is 0. The van der Waals surface area contributed by atoms with Gasteiger partial charge >= 0.3 is 0 Å². The van der Waals surface area contributed by atoms with Crippen molar-refractivity contribution in [2.24, 2.45) is 5.41 Å². The molecule has 1 aliphatic rings. The molecule has 0 bridgehead atoms. The smallest absolute Gasteiger partial charge is 0.147 e. The molecule has 0 aliphatic heterocycles. The fourth-order valence-electron chi connectivity index (χ4n) is 1.86. The molecule has 1 heteroatoms. The summed E-state index contributed by atoms with van der Waals surface area (Å²) >= 11 is 0. The zero-order valence-electron chi connectivity index (χ0n) is 8.49. The van der Waals surface area contributed by atoms with E-state index in [1.54, 1.807) is 0 Å². The minimum absolute atomic E-state index is 0.0457. The maximum atomic E-state index is 10.8. The summed E-state index contributed by atoms with van der Waals surface area (Å²) in [6, 6.07) is 0. The van der Waals surface area contributed by atoms with Gasteiger partial charge in [-0.25, -0.2) is 0 Å². The van der Waals surface area contributed by atoms with Gasteiger partial charge in [0.25, 0.3) is 0 Å². The van der Waals surface area contributed by atoms with Crippen LogP contribution >= 0.6 is 0 Å². The Balaban J connectivity index is 3.33. The average molecular weight is 164 g/mol. The minimum atomic E-state index is -0.0457. The molecule has 0 heterocycles. The molecule has 0 aromatic carbocycles. The van der Waals surface area contributed by atoms with Crippen LogP contribution in [-0.2, 0) is 4.79 Å². The lowest BCUT2D eigenvalue weighted by Gasteiger charge is -2.21. The average Bonchev–Trinajstić information content (AvgIpc) is 2.13. The fourth-order valence-corrected chi connectivity index (χ4v) is 1.86. The third kappa shape index (κ3) is 0.961. The van der Waals surface area contributed by atoms with E-state index in [2.05, 4.69) is 27.7 Å². The first-order chi connectivity index (χ1) is 5.42. The standard InChI is InChI=1S/C11H16O/c1-7-8(2)10(6-12)11(4,5)9(7)3/h6H,1-5H3. The zero-order valence-corrected chi connectivity index (χ0v) is 8.49. The first-order valence-corrected chi connectivity index (χ1v) is 4.27. The number of carbonyl (C=O) groups excluding carboxylic acids is 1. The third-order valence-corrected chi connectivity index (χ3v) is 3.26. The molecule has 0 radical (unpaired) electrons. The number of rotatable bonds is 1. The van der Waals surface area contributed by atoms with Crippen molar-refractivity contribution < 1.29 is 4.79 Å². The second kappa shape index (κ2) is 2.58. The first-order valence-electron chi connectivity index (χ1n) is 4.27. The topological polar surface area (TPSA) is 17.1 Å². The number of aldehydes is 1. The normalized spacial score (nSPS) is 22.1. The van der Waals surface area contributed by atoms with Crippen molar-refractivity contribution in [1.29, 1.82) is 0 Å². The molecule has 0 aromatic rings. The Labute approximate surface area is 74.2 Å². The van der Waals surface area contributed by atoms with Crippen molar-refractivity contribution in [3.63, 3.8) is 0 Å². The van der Waals surface area contributed by atoms with Crippen LogP contribution in [0, 0.1) is 5.41 Å². The van der Waals surface area contributed by atoms with Crippen LogP contribution in [0.2, 0.25) is 0 Å². The molecule has 66 valence electrons. The number of carbonyl (C=O) groups is 1. The molecule has 0 saturated heterocycles. The second-order valence-electron chi connectivity index (χ2n) is 4.03. The van der Waals surface area contributed by atoms with Crippen molar-refractivity contribution in [3.05, 3.63) is 22.3 Å². The van der Waals surface area contributed by atoms with Gasteiger partial charge in [-0.15, -0.1) is 0 Å². The summed E-state index contributed by atoms with van der Waals surface area (Å²) in [6.45, 7) is 10.4. The Kier molecular flexibility index (Phi) is 1.99. The Morgan fingerprint density at radius 2 is 1.58 bits per heavy atom. The van der Waals surface area contributed by atoms with Crippen LogP contribution in [0.1, 0.15) is 34.6 Å². The summed E-state index contributed by atoms with van der Waals surface area (Å²) < 4.78 is 0. The largest absolute Gasteiger partial charge is 0.298 e. The molecule has 1 aliphatic carbocycles. The molecule has 0 N–H and O–H groups in total. The van der Waals surface area contributed by atoms with Gasteiger partial charge in [0.05, 0.1) is 0 Å². The van der Waals surface area contributed by atoms with E-state index in [0.29, 0.717) is 0 Å². The van der Waals surface area contributed by atoms with Gasteiger partial charge in [-0.2, -0.15) is 0 Å². The lowest BCUT2D eigenvalue weighted by molar-refractivity contribution is -0.105. The zero-order chi connectivity index (χ0) is 9.52. The summed E-state index contributed by atoms with van der Waals surface area (Å²) in [5, 5.41) is 0. The lowest BCUT2D eigenvalue weighted by Crippen LogP contribution is -2.14. The summed E-state index contributed by atoms with van der Waals surface area (Å²) in [5.41, 5.74) is 4.66. The second-order valence-corrected chi connectivity index (χ2v) is 4.03. The van der Waals surface area contributed by atoms with E-state index in [1.807, 2.05) is 6.92 Å². The summed E-state index contributed by atoms with van der Waals surface area (Å²) in [4.78, 5) is 10.8. The predicted octanol–water partition coefficient (Wildman–Crippen LogP) is 2.88. The fraction of sp³-hybridized carbons (Fsp3) is 0.545. The van der Waals surface area contributed by atoms with Gasteiger partial charge < -0.3 is 0 Å². The molecular weight excluding hydrogens is 148 g/mol. The monoisotopic (exact) mass is 164 g/mol. The Morgan fingerprint density at radius 1 is 1.08 bits per heavy atom. The van der Waals surface area contributed by atoms with E-state index in [1.165, 1.54) is 11.1 Å². The van der Waals surface area contributed by atoms with E-state index in [0.717, 1.165) is 17.4 Å². The van der Waals surface area contributed by atoms with Crippen LogP contribution in [0.25, 0.3) is 0 Å². The van der Waals surface area contributed by atoms with Crippen molar-refractivity contribution in [2.45, 2.75) is 34.6 Å². The maximum Gasteiger partial charge on any atom is 0.147 e. The molecule has 12 heavy (non-hydrogen) atoms. The van der Waals surface area contributed by atoms with Crippen LogP contribution in [0.4, 0.5) is 0 Å². The predicted molar refractivity (Wildman–Crippen MR) is 50.9 cm³/mol. The molecule has 0 fully saturated rings.